The van der Waals surface area contributed by atoms with Gasteiger partial charge in [0.05, 0.1) is 12.6 Å². The number of rotatable bonds is 5. The number of carbonyl (C=O) groups is 3. The standard InChI is InChI=1S/C23H32FN3O5/c1-14-10-11-23(27(14)21(31)32-22(3,4)5)15(2)26(20(23)30)18(13-28)19(29)25-12-16-6-8-17(24)9-7-16/h6-9,14-15,18,28H,10-13H2,1-5H3,(H,25,29)/t14?,15?,18-,23?/m0/s1. The van der Waals surface area contributed by atoms with Crippen molar-refractivity contribution < 1.29 is 28.6 Å². The summed E-state index contributed by atoms with van der Waals surface area (Å²) in [5.41, 5.74) is -1.09. The zero-order valence-corrected chi connectivity index (χ0v) is 19.2. The Morgan fingerprint density at radius 1 is 1.28 bits per heavy atom. The average Bonchev–Trinajstić information content (AvgIpc) is 3.09. The van der Waals surface area contributed by atoms with E-state index >= 15 is 0 Å². The molecule has 4 atom stereocenters. The van der Waals surface area contributed by atoms with Gasteiger partial charge < -0.3 is 20.1 Å². The minimum atomic E-state index is -1.08. The normalized spacial score (nSPS) is 26.2. The number of likely N-dealkylation sites (tertiary alicyclic amines) is 2. The topological polar surface area (TPSA) is 99.2 Å². The van der Waals surface area contributed by atoms with Crippen LogP contribution in [0.15, 0.2) is 24.3 Å². The number of benzene rings is 1. The lowest BCUT2D eigenvalue weighted by Crippen LogP contribution is -2.81. The Morgan fingerprint density at radius 2 is 1.91 bits per heavy atom. The summed E-state index contributed by atoms with van der Waals surface area (Å²) >= 11 is 0. The van der Waals surface area contributed by atoms with Crippen molar-refractivity contribution in [3.05, 3.63) is 35.6 Å². The van der Waals surface area contributed by atoms with Crippen molar-refractivity contribution in [2.75, 3.05) is 6.61 Å². The number of hydrogen-bond acceptors (Lipinski definition) is 5. The number of aliphatic hydroxyl groups excluding tert-OH is 1. The average molecular weight is 450 g/mol. The van der Waals surface area contributed by atoms with Crippen molar-refractivity contribution in [3.63, 3.8) is 0 Å². The van der Waals surface area contributed by atoms with Gasteiger partial charge in [0, 0.05) is 12.6 Å². The van der Waals surface area contributed by atoms with Gasteiger partial charge in [0.2, 0.25) is 5.91 Å². The molecule has 1 spiro atoms. The Labute approximate surface area is 187 Å². The summed E-state index contributed by atoms with van der Waals surface area (Å²) in [5, 5.41) is 12.6. The van der Waals surface area contributed by atoms with Crippen LogP contribution < -0.4 is 5.32 Å². The van der Waals surface area contributed by atoms with Crippen LogP contribution in [-0.2, 0) is 20.9 Å². The number of nitrogens with one attached hydrogen (secondary N) is 1. The molecule has 9 heteroatoms. The van der Waals surface area contributed by atoms with Crippen LogP contribution in [0.5, 0.6) is 0 Å². The predicted octanol–water partition coefficient (Wildman–Crippen LogP) is 2.19. The van der Waals surface area contributed by atoms with E-state index in [0.717, 1.165) is 0 Å². The van der Waals surface area contributed by atoms with E-state index in [2.05, 4.69) is 5.32 Å². The van der Waals surface area contributed by atoms with Gasteiger partial charge in [-0.3, -0.25) is 14.5 Å². The fraction of sp³-hybridized carbons (Fsp3) is 0.609. The van der Waals surface area contributed by atoms with E-state index in [-0.39, 0.29) is 24.3 Å². The summed E-state index contributed by atoms with van der Waals surface area (Å²) in [5.74, 6) is -1.25. The van der Waals surface area contributed by atoms with Gasteiger partial charge in [-0.2, -0.15) is 0 Å². The quantitative estimate of drug-likeness (QED) is 0.672. The maximum absolute atomic E-state index is 13.4. The minimum absolute atomic E-state index is 0.137. The Morgan fingerprint density at radius 3 is 2.44 bits per heavy atom. The van der Waals surface area contributed by atoms with Crippen molar-refractivity contribution in [1.82, 2.24) is 15.1 Å². The van der Waals surface area contributed by atoms with Gasteiger partial charge in [-0.1, -0.05) is 12.1 Å². The van der Waals surface area contributed by atoms with Gasteiger partial charge in [-0.05, 0) is 65.2 Å². The summed E-state index contributed by atoms with van der Waals surface area (Å²) in [6.07, 6.45) is 0.562. The number of halogens is 1. The molecule has 1 aromatic rings. The van der Waals surface area contributed by atoms with E-state index in [1.54, 1.807) is 39.8 Å². The van der Waals surface area contributed by atoms with Crippen LogP contribution in [0.4, 0.5) is 9.18 Å². The molecular formula is C23H32FN3O5. The molecule has 176 valence electrons. The van der Waals surface area contributed by atoms with Crippen LogP contribution >= 0.6 is 0 Å². The molecule has 0 aliphatic carbocycles. The number of hydrogen-bond donors (Lipinski definition) is 2. The zero-order chi connectivity index (χ0) is 23.8. The van der Waals surface area contributed by atoms with E-state index in [4.69, 9.17) is 4.74 Å². The molecule has 3 rings (SSSR count). The van der Waals surface area contributed by atoms with Crippen LogP contribution in [0.2, 0.25) is 0 Å². The number of β-lactam (4-membered cyclic amide) rings is 1. The first-order valence-electron chi connectivity index (χ1n) is 10.9. The maximum atomic E-state index is 13.4. The Kier molecular flexibility index (Phi) is 6.51. The second-order valence-corrected chi connectivity index (χ2v) is 9.59. The molecule has 2 fully saturated rings. The molecule has 2 aliphatic heterocycles. The van der Waals surface area contributed by atoms with Crippen molar-refractivity contribution in [2.24, 2.45) is 0 Å². The Bertz CT molecular complexity index is 885. The first-order valence-corrected chi connectivity index (χ1v) is 10.9. The molecular weight excluding hydrogens is 417 g/mol. The minimum Gasteiger partial charge on any atom is -0.444 e. The molecule has 1 aromatic carbocycles. The van der Waals surface area contributed by atoms with Gasteiger partial charge in [0.1, 0.15) is 23.0 Å². The summed E-state index contributed by atoms with van der Waals surface area (Å²) in [6, 6.07) is 3.95. The highest BCUT2D eigenvalue weighted by Crippen LogP contribution is 2.48. The largest absolute Gasteiger partial charge is 0.444 e. The second-order valence-electron chi connectivity index (χ2n) is 9.59. The van der Waals surface area contributed by atoms with E-state index in [1.165, 1.54) is 21.9 Å². The summed E-state index contributed by atoms with van der Waals surface area (Å²) in [7, 11) is 0. The second kappa shape index (κ2) is 8.69. The van der Waals surface area contributed by atoms with Crippen LogP contribution in [0.3, 0.4) is 0 Å². The molecule has 0 radical (unpaired) electrons. The molecule has 0 aromatic heterocycles. The fourth-order valence-corrected chi connectivity index (χ4v) is 4.71. The molecule has 2 saturated heterocycles. The third kappa shape index (κ3) is 4.18. The van der Waals surface area contributed by atoms with Crippen molar-refractivity contribution in [1.29, 1.82) is 0 Å². The van der Waals surface area contributed by atoms with Gasteiger partial charge in [0.15, 0.2) is 0 Å². The molecule has 3 unspecified atom stereocenters. The monoisotopic (exact) mass is 449 g/mol. The summed E-state index contributed by atoms with van der Waals surface area (Å²) in [6.45, 7) is 8.55. The molecule has 0 bridgehead atoms. The third-order valence-electron chi connectivity index (χ3n) is 6.31. The highest BCUT2D eigenvalue weighted by Gasteiger charge is 2.68. The number of ether oxygens (including phenoxy) is 1. The van der Waals surface area contributed by atoms with Gasteiger partial charge >= 0.3 is 6.09 Å². The highest BCUT2D eigenvalue weighted by molar-refractivity contribution is 6.01. The third-order valence-corrected chi connectivity index (χ3v) is 6.31. The van der Waals surface area contributed by atoms with Crippen LogP contribution in [0.1, 0.15) is 53.0 Å². The van der Waals surface area contributed by atoms with E-state index in [9.17, 15) is 23.9 Å². The van der Waals surface area contributed by atoms with E-state index in [1.807, 2.05) is 6.92 Å². The molecule has 2 heterocycles. The number of nitrogens with zero attached hydrogens (tertiary/aromatic N) is 2. The van der Waals surface area contributed by atoms with Crippen molar-refractivity contribution >= 4 is 17.9 Å². The van der Waals surface area contributed by atoms with E-state index < -0.39 is 41.8 Å². The van der Waals surface area contributed by atoms with Gasteiger partial charge in [-0.15, -0.1) is 0 Å². The van der Waals surface area contributed by atoms with Crippen molar-refractivity contribution in [3.8, 4) is 0 Å². The Balaban J connectivity index is 1.74. The van der Waals surface area contributed by atoms with E-state index in [0.29, 0.717) is 18.4 Å². The fourth-order valence-electron chi connectivity index (χ4n) is 4.71. The smallest absolute Gasteiger partial charge is 0.411 e. The Hall–Kier alpha value is -2.68. The lowest BCUT2D eigenvalue weighted by molar-refractivity contribution is -0.181. The lowest BCUT2D eigenvalue weighted by atomic mass is 9.76. The SMILES string of the molecule is CC1CCC2(C(=O)N([C@@H](CO)C(=O)NCc3ccc(F)cc3)C2C)N1C(=O)OC(C)(C)C. The van der Waals surface area contributed by atoms with Gasteiger partial charge in [-0.25, -0.2) is 9.18 Å². The number of aliphatic hydroxyl groups is 1. The first-order chi connectivity index (χ1) is 14.9. The maximum Gasteiger partial charge on any atom is 0.411 e. The molecule has 8 nitrogen and oxygen atoms in total. The summed E-state index contributed by atoms with van der Waals surface area (Å²) in [4.78, 5) is 41.9. The van der Waals surface area contributed by atoms with Crippen LogP contribution in [-0.4, -0.2) is 68.7 Å². The lowest BCUT2D eigenvalue weighted by Gasteiger charge is -2.58. The van der Waals surface area contributed by atoms with Crippen LogP contribution in [0, 0.1) is 5.82 Å². The molecule has 2 N–H and O–H groups in total. The molecule has 2 aliphatic rings. The van der Waals surface area contributed by atoms with Crippen LogP contribution in [0.25, 0.3) is 0 Å². The highest BCUT2D eigenvalue weighted by atomic mass is 19.1. The van der Waals surface area contributed by atoms with Crippen molar-refractivity contribution in [2.45, 2.75) is 83.3 Å². The summed E-state index contributed by atoms with van der Waals surface area (Å²) < 4.78 is 18.6. The number of amides is 3. The predicted molar refractivity (Wildman–Crippen MR) is 115 cm³/mol. The molecule has 0 saturated carbocycles. The zero-order valence-electron chi connectivity index (χ0n) is 19.2. The number of carbonyl (C=O) groups excluding carboxylic acids is 3. The molecule has 32 heavy (non-hydrogen) atoms. The first kappa shape index (κ1) is 24.0. The molecule has 3 amide bonds. The van der Waals surface area contributed by atoms with Gasteiger partial charge in [0.25, 0.3) is 5.91 Å².